The fourth-order valence-corrected chi connectivity index (χ4v) is 3.90. The Labute approximate surface area is 174 Å². The van der Waals surface area contributed by atoms with Gasteiger partial charge >= 0.3 is 5.97 Å². The van der Waals surface area contributed by atoms with Crippen LogP contribution in [0.1, 0.15) is 23.1 Å². The lowest BCUT2D eigenvalue weighted by Crippen LogP contribution is -2.37. The summed E-state index contributed by atoms with van der Waals surface area (Å²) < 4.78 is 12.0. The van der Waals surface area contributed by atoms with E-state index in [-0.39, 0.29) is 19.0 Å². The van der Waals surface area contributed by atoms with E-state index in [0.717, 1.165) is 16.7 Å². The van der Waals surface area contributed by atoms with Crippen molar-refractivity contribution in [1.29, 1.82) is 0 Å². The lowest BCUT2D eigenvalue weighted by Gasteiger charge is -2.36. The van der Waals surface area contributed by atoms with Gasteiger partial charge < -0.3 is 9.47 Å². The summed E-state index contributed by atoms with van der Waals surface area (Å²) in [6, 6.07) is 29.2. The first-order chi connectivity index (χ1) is 14.7. The van der Waals surface area contributed by atoms with Gasteiger partial charge in [0.1, 0.15) is 11.7 Å². The van der Waals surface area contributed by atoms with Crippen molar-refractivity contribution in [2.24, 2.45) is 5.11 Å². The Morgan fingerprint density at radius 3 is 1.80 bits per heavy atom. The Bertz CT molecular complexity index is 938. The normalized spacial score (nSPS) is 18.5. The predicted octanol–water partition coefficient (Wildman–Crippen LogP) is 4.99. The van der Waals surface area contributed by atoms with E-state index < -0.39 is 17.7 Å². The number of cyclic esters (lactones) is 1. The summed E-state index contributed by atoms with van der Waals surface area (Å²) in [5, 5.41) is 3.73. The lowest BCUT2D eigenvalue weighted by atomic mass is 9.80. The highest BCUT2D eigenvalue weighted by Crippen LogP contribution is 2.41. The van der Waals surface area contributed by atoms with Crippen LogP contribution in [0.25, 0.3) is 10.4 Å². The van der Waals surface area contributed by atoms with Crippen molar-refractivity contribution in [2.75, 3.05) is 6.61 Å². The standard InChI is InChI=1S/C24H21N3O3/c25-27-26-21-16-23(28)30-22(21)17-29-24(18-10-4-1-5-11-18,19-12-6-2-7-13-19)20-14-8-3-9-15-20/h1-15,21-22H,16-17H2. The summed E-state index contributed by atoms with van der Waals surface area (Å²) in [6.07, 6.45) is -0.573. The van der Waals surface area contributed by atoms with Crippen LogP contribution in [0.4, 0.5) is 0 Å². The fourth-order valence-electron chi connectivity index (χ4n) is 3.90. The molecule has 2 unspecified atom stereocenters. The van der Waals surface area contributed by atoms with Gasteiger partial charge in [-0.25, -0.2) is 0 Å². The molecule has 0 amide bonds. The van der Waals surface area contributed by atoms with Gasteiger partial charge in [-0.1, -0.05) is 96.1 Å². The Kier molecular flexibility index (Phi) is 5.80. The first-order valence-electron chi connectivity index (χ1n) is 9.78. The topological polar surface area (TPSA) is 84.3 Å². The zero-order chi connectivity index (χ0) is 20.8. The third-order valence-corrected chi connectivity index (χ3v) is 5.29. The zero-order valence-electron chi connectivity index (χ0n) is 16.3. The number of benzene rings is 3. The highest BCUT2D eigenvalue weighted by atomic mass is 16.6. The number of ether oxygens (including phenoxy) is 2. The van der Waals surface area contributed by atoms with Gasteiger partial charge in [-0.15, -0.1) is 0 Å². The Morgan fingerprint density at radius 2 is 1.37 bits per heavy atom. The van der Waals surface area contributed by atoms with Crippen molar-refractivity contribution < 1.29 is 14.3 Å². The average Bonchev–Trinajstić information content (AvgIpc) is 3.16. The lowest BCUT2D eigenvalue weighted by molar-refractivity contribution is -0.145. The smallest absolute Gasteiger partial charge is 0.306 e. The van der Waals surface area contributed by atoms with E-state index in [4.69, 9.17) is 15.0 Å². The molecule has 1 heterocycles. The quantitative estimate of drug-likeness (QED) is 0.184. The van der Waals surface area contributed by atoms with Crippen LogP contribution in [0.5, 0.6) is 0 Å². The van der Waals surface area contributed by atoms with Gasteiger partial charge in [0.2, 0.25) is 0 Å². The highest BCUT2D eigenvalue weighted by molar-refractivity contribution is 5.72. The van der Waals surface area contributed by atoms with Gasteiger partial charge in [-0.05, 0) is 22.2 Å². The molecule has 0 N–H and O–H groups in total. The van der Waals surface area contributed by atoms with Gasteiger partial charge in [0.05, 0.1) is 19.1 Å². The molecule has 6 nitrogen and oxygen atoms in total. The second-order valence-corrected chi connectivity index (χ2v) is 7.09. The van der Waals surface area contributed by atoms with Crippen molar-refractivity contribution in [1.82, 2.24) is 0 Å². The van der Waals surface area contributed by atoms with Crippen molar-refractivity contribution in [3.8, 4) is 0 Å². The van der Waals surface area contributed by atoms with Gasteiger partial charge in [0.25, 0.3) is 0 Å². The van der Waals surface area contributed by atoms with Crippen LogP contribution in [-0.2, 0) is 19.9 Å². The molecule has 2 atom stereocenters. The maximum atomic E-state index is 11.8. The molecule has 150 valence electrons. The largest absolute Gasteiger partial charge is 0.459 e. The minimum absolute atomic E-state index is 0.0626. The van der Waals surface area contributed by atoms with E-state index >= 15 is 0 Å². The predicted molar refractivity (Wildman–Crippen MR) is 113 cm³/mol. The molecule has 0 bridgehead atoms. The molecular weight excluding hydrogens is 378 g/mol. The van der Waals surface area contributed by atoms with Gasteiger partial charge in [0, 0.05) is 4.91 Å². The maximum absolute atomic E-state index is 11.8. The summed E-state index contributed by atoms with van der Waals surface area (Å²) in [6.45, 7) is 0.0914. The van der Waals surface area contributed by atoms with Crippen molar-refractivity contribution in [2.45, 2.75) is 24.2 Å². The number of rotatable bonds is 7. The van der Waals surface area contributed by atoms with E-state index in [2.05, 4.69) is 10.0 Å². The van der Waals surface area contributed by atoms with Crippen LogP contribution in [0, 0.1) is 0 Å². The molecule has 6 heteroatoms. The second kappa shape index (κ2) is 8.82. The SMILES string of the molecule is [N-]=[N+]=NC1CC(=O)OC1COC(c1ccccc1)(c1ccccc1)c1ccccc1. The third-order valence-electron chi connectivity index (χ3n) is 5.29. The molecule has 0 aliphatic carbocycles. The number of carbonyl (C=O) groups excluding carboxylic acids is 1. The maximum Gasteiger partial charge on any atom is 0.306 e. The average molecular weight is 399 g/mol. The Balaban J connectivity index is 1.81. The van der Waals surface area contributed by atoms with Crippen molar-refractivity contribution in [3.05, 3.63) is 118 Å². The first-order valence-corrected chi connectivity index (χ1v) is 9.78. The number of hydrogen-bond donors (Lipinski definition) is 0. The van der Waals surface area contributed by atoms with E-state index in [1.165, 1.54) is 0 Å². The molecule has 0 aromatic heterocycles. The van der Waals surface area contributed by atoms with Gasteiger partial charge in [-0.3, -0.25) is 4.79 Å². The van der Waals surface area contributed by atoms with Crippen LogP contribution in [-0.4, -0.2) is 24.7 Å². The van der Waals surface area contributed by atoms with Crippen LogP contribution >= 0.6 is 0 Å². The highest BCUT2D eigenvalue weighted by Gasteiger charge is 2.41. The molecule has 1 aliphatic rings. The summed E-state index contributed by atoms with van der Waals surface area (Å²) in [5.74, 6) is -0.384. The number of carbonyl (C=O) groups is 1. The second-order valence-electron chi connectivity index (χ2n) is 7.09. The molecule has 3 aromatic carbocycles. The Hall–Kier alpha value is -3.60. The summed E-state index contributed by atoms with van der Waals surface area (Å²) in [4.78, 5) is 14.7. The molecule has 1 fully saturated rings. The number of hydrogen-bond acceptors (Lipinski definition) is 4. The molecule has 30 heavy (non-hydrogen) atoms. The van der Waals surface area contributed by atoms with Gasteiger partial charge in [0.15, 0.2) is 0 Å². The van der Waals surface area contributed by atoms with Crippen LogP contribution in [0.3, 0.4) is 0 Å². The molecule has 0 radical (unpaired) electrons. The van der Waals surface area contributed by atoms with E-state index in [0.29, 0.717) is 0 Å². The number of nitrogens with zero attached hydrogens (tertiary/aromatic N) is 3. The molecule has 0 saturated carbocycles. The van der Waals surface area contributed by atoms with Gasteiger partial charge in [-0.2, -0.15) is 0 Å². The van der Waals surface area contributed by atoms with E-state index in [9.17, 15) is 4.79 Å². The Morgan fingerprint density at radius 1 is 0.900 bits per heavy atom. The molecule has 1 saturated heterocycles. The number of esters is 1. The van der Waals surface area contributed by atoms with Crippen molar-refractivity contribution >= 4 is 5.97 Å². The monoisotopic (exact) mass is 399 g/mol. The molecule has 1 aliphatic heterocycles. The summed E-state index contributed by atoms with van der Waals surface area (Å²) in [5.41, 5.74) is 10.8. The minimum atomic E-state index is -0.917. The first kappa shape index (κ1) is 19.7. The fraction of sp³-hybridized carbons (Fsp3) is 0.208. The molecule has 3 aromatic rings. The van der Waals surface area contributed by atoms with Crippen molar-refractivity contribution in [3.63, 3.8) is 0 Å². The van der Waals surface area contributed by atoms with Crippen LogP contribution in [0.2, 0.25) is 0 Å². The summed E-state index contributed by atoms with van der Waals surface area (Å²) >= 11 is 0. The van der Waals surface area contributed by atoms with Crippen LogP contribution < -0.4 is 0 Å². The zero-order valence-corrected chi connectivity index (χ0v) is 16.3. The van der Waals surface area contributed by atoms with E-state index in [1.54, 1.807) is 0 Å². The van der Waals surface area contributed by atoms with E-state index in [1.807, 2.05) is 91.0 Å². The number of azide groups is 1. The summed E-state index contributed by atoms with van der Waals surface area (Å²) in [7, 11) is 0. The molecule has 0 spiro atoms. The molecular formula is C24H21N3O3. The van der Waals surface area contributed by atoms with Crippen LogP contribution in [0.15, 0.2) is 96.1 Å². The minimum Gasteiger partial charge on any atom is -0.459 e. The molecule has 4 rings (SSSR count). The third kappa shape index (κ3) is 3.79.